The van der Waals surface area contributed by atoms with Crippen LogP contribution in [0.25, 0.3) is 10.4 Å². The second kappa shape index (κ2) is 25.4. The molecule has 0 amide bonds. The summed E-state index contributed by atoms with van der Waals surface area (Å²) < 4.78 is 47.4. The van der Waals surface area contributed by atoms with Crippen LogP contribution in [0.1, 0.15) is 92.6 Å². The Hall–Kier alpha value is -3.53. The minimum atomic E-state index is -1.49. The van der Waals surface area contributed by atoms with Crippen LogP contribution in [0.4, 0.5) is 0 Å². The fraction of sp³-hybridized carbons (Fsp3) is 0.694. The van der Waals surface area contributed by atoms with E-state index in [2.05, 4.69) is 14.9 Å². The largest absolute Gasteiger partial charge is 0.462 e. The molecule has 2 aromatic rings. The van der Waals surface area contributed by atoms with E-state index in [1.54, 1.807) is 65.0 Å². The van der Waals surface area contributed by atoms with E-state index in [0.29, 0.717) is 32.4 Å². The van der Waals surface area contributed by atoms with Gasteiger partial charge in [-0.2, -0.15) is 0 Å². The summed E-state index contributed by atoms with van der Waals surface area (Å²) in [6, 6.07) is 7.36. The van der Waals surface area contributed by atoms with Gasteiger partial charge in [-0.25, -0.2) is 0 Å². The molecule has 5 rings (SSSR count). The number of rotatable bonds is 15. The maximum Gasteiger partial charge on any atom is 0.308 e. The number of benzene rings is 1. The lowest BCUT2D eigenvalue weighted by molar-refractivity contribution is -0.344. The highest BCUT2D eigenvalue weighted by Gasteiger charge is 2.52. The lowest BCUT2D eigenvalue weighted by Crippen LogP contribution is -2.66. The van der Waals surface area contributed by atoms with E-state index in [0.717, 1.165) is 16.0 Å². The minimum absolute atomic E-state index is 0.0268. The summed E-state index contributed by atoms with van der Waals surface area (Å²) >= 11 is 1.33. The predicted octanol–water partition coefficient (Wildman–Crippen LogP) is 4.76. The van der Waals surface area contributed by atoms with Gasteiger partial charge in [0.1, 0.15) is 30.0 Å². The van der Waals surface area contributed by atoms with Crippen molar-refractivity contribution in [2.24, 2.45) is 17.8 Å². The SMILES string of the molecule is CO[C@@H]1[C@@H](O[C@@H]2O[C@H](C)[C@@H](O[C@H]3C[C@@](C)(O)[C@@H](OC(=O)CC(C)C)[C@H](C)O3)[C@H](N(C)C)[C@H]2O)[C@@H](CCNCc2ccc(-c3cnns3)cc2)C[C@@H](C)C(=O)/C=C\C=C/C[C@@H](C)OC(=O)C[C@@H]1O. The normalized spacial score (nSPS) is 35.9. The number of ketones is 1. The van der Waals surface area contributed by atoms with Crippen LogP contribution in [-0.2, 0) is 54.1 Å². The van der Waals surface area contributed by atoms with Crippen molar-refractivity contribution in [2.45, 2.75) is 173 Å². The molecule has 374 valence electrons. The fourth-order valence-corrected chi connectivity index (χ4v) is 9.72. The van der Waals surface area contributed by atoms with E-state index < -0.39 is 109 Å². The number of nitrogens with one attached hydrogen (secondary N) is 1. The number of aliphatic hydroxyl groups is 3. The van der Waals surface area contributed by atoms with Gasteiger partial charge in [-0.3, -0.25) is 14.4 Å². The molecule has 3 aliphatic heterocycles. The summed E-state index contributed by atoms with van der Waals surface area (Å²) in [6.07, 6.45) is -1.41. The van der Waals surface area contributed by atoms with Crippen molar-refractivity contribution in [2.75, 3.05) is 27.7 Å². The van der Waals surface area contributed by atoms with E-state index in [1.807, 2.05) is 51.1 Å². The average Bonchev–Trinajstić information content (AvgIpc) is 3.79. The summed E-state index contributed by atoms with van der Waals surface area (Å²) in [5.74, 6) is -2.05. The third-order valence-electron chi connectivity index (χ3n) is 12.7. The Kier molecular flexibility index (Phi) is 20.6. The highest BCUT2D eigenvalue weighted by Crippen LogP contribution is 2.38. The van der Waals surface area contributed by atoms with E-state index in [4.69, 9.17) is 33.2 Å². The van der Waals surface area contributed by atoms with Crippen molar-refractivity contribution in [3.63, 3.8) is 0 Å². The zero-order valence-corrected chi connectivity index (χ0v) is 41.5. The van der Waals surface area contributed by atoms with E-state index >= 15 is 0 Å². The van der Waals surface area contributed by atoms with Crippen LogP contribution < -0.4 is 5.32 Å². The molecule has 15 atom stereocenters. The van der Waals surface area contributed by atoms with Crippen LogP contribution >= 0.6 is 11.5 Å². The zero-order chi connectivity index (χ0) is 49.0. The molecule has 0 spiro atoms. The van der Waals surface area contributed by atoms with E-state index in [1.165, 1.54) is 24.7 Å². The molecule has 17 nitrogen and oxygen atoms in total. The molecule has 1 aromatic carbocycles. The van der Waals surface area contributed by atoms with Crippen molar-refractivity contribution >= 4 is 29.3 Å². The van der Waals surface area contributed by atoms with Crippen molar-refractivity contribution in [1.82, 2.24) is 19.8 Å². The Bertz CT molecular complexity index is 1910. The number of aromatic nitrogens is 2. The Balaban J connectivity index is 1.40. The summed E-state index contributed by atoms with van der Waals surface area (Å²) in [6.45, 7) is 13.5. The highest BCUT2D eigenvalue weighted by molar-refractivity contribution is 7.09. The Morgan fingerprint density at radius 1 is 1.01 bits per heavy atom. The maximum absolute atomic E-state index is 13.6. The number of aliphatic hydroxyl groups excluding tert-OH is 2. The highest BCUT2D eigenvalue weighted by atomic mass is 32.1. The molecule has 0 radical (unpaired) electrons. The van der Waals surface area contributed by atoms with Gasteiger partial charge in [0.2, 0.25) is 0 Å². The van der Waals surface area contributed by atoms with Gasteiger partial charge in [-0.05, 0) is 102 Å². The number of methoxy groups -OCH3 is 1. The second-order valence-corrected chi connectivity index (χ2v) is 20.0. The first-order valence-corrected chi connectivity index (χ1v) is 24.3. The van der Waals surface area contributed by atoms with Crippen LogP contribution in [-0.4, -0.2) is 154 Å². The van der Waals surface area contributed by atoms with E-state index in [9.17, 15) is 29.7 Å². The van der Waals surface area contributed by atoms with Crippen molar-refractivity contribution in [1.29, 1.82) is 0 Å². The molecule has 0 saturated carbocycles. The van der Waals surface area contributed by atoms with Crippen molar-refractivity contribution < 1.29 is 62.9 Å². The first-order chi connectivity index (χ1) is 31.8. The number of carbonyl (C=O) groups excluding carboxylic acids is 3. The van der Waals surface area contributed by atoms with Gasteiger partial charge in [-0.15, -0.1) is 5.10 Å². The third kappa shape index (κ3) is 15.5. The molecule has 4 N–H and O–H groups in total. The standard InChI is InChI=1S/C49H74N4O13S/c1-28(2)22-39(56)64-47-32(6)62-41(25-49(47,7)59)65-44-31(5)63-48(43(58)42(44)53(8)9)66-45-35(20-21-50-26-33-16-18-34(19-17-33)38-27-51-52-67-38)23-29(3)36(54)15-13-11-12-14-30(4)61-40(57)24-37(55)46(45)60-10/h11-13,15-19,27-32,35,37,41-48,50,55,58-59H,14,20-26H2,1-10H3/b12-11-,15-13-/t29-,30-,31-,32+,35+,37+,41+,42-,43-,44-,45+,46+,47+,48+,49-/m1/s1. The molecular formula is C49H74N4O13S. The van der Waals surface area contributed by atoms with Crippen molar-refractivity contribution in [3.8, 4) is 10.4 Å². The lowest BCUT2D eigenvalue weighted by Gasteiger charge is -2.50. The number of hydrogen-bond acceptors (Lipinski definition) is 18. The van der Waals surface area contributed by atoms with Crippen LogP contribution in [0.3, 0.4) is 0 Å². The van der Waals surface area contributed by atoms with Crippen molar-refractivity contribution in [3.05, 3.63) is 60.3 Å². The van der Waals surface area contributed by atoms with Crippen LogP contribution in [0.5, 0.6) is 0 Å². The Morgan fingerprint density at radius 2 is 1.75 bits per heavy atom. The van der Waals surface area contributed by atoms with Gasteiger partial charge >= 0.3 is 11.9 Å². The molecule has 0 aliphatic carbocycles. The number of hydrogen-bond donors (Lipinski definition) is 4. The van der Waals surface area contributed by atoms with Gasteiger partial charge in [0, 0.05) is 38.8 Å². The maximum atomic E-state index is 13.6. The number of nitrogens with zero attached hydrogens (tertiary/aromatic N) is 3. The predicted molar refractivity (Wildman–Crippen MR) is 250 cm³/mol. The summed E-state index contributed by atoms with van der Waals surface area (Å²) in [7, 11) is 5.00. The van der Waals surface area contributed by atoms with Gasteiger partial charge in [0.05, 0.1) is 48.0 Å². The first-order valence-electron chi connectivity index (χ1n) is 23.5. The summed E-state index contributed by atoms with van der Waals surface area (Å²) in [5, 5.41) is 43.1. The number of allylic oxidation sites excluding steroid dienone is 3. The topological polar surface area (TPSA) is 218 Å². The lowest BCUT2D eigenvalue weighted by atomic mass is 9.82. The number of likely N-dealkylation sites (N-methyl/N-ethyl adjacent to an activating group) is 1. The quantitative estimate of drug-likeness (QED) is 0.140. The monoisotopic (exact) mass is 958 g/mol. The average molecular weight is 959 g/mol. The molecular weight excluding hydrogens is 885 g/mol. The van der Waals surface area contributed by atoms with Gasteiger partial charge in [0.15, 0.2) is 24.5 Å². The van der Waals surface area contributed by atoms with Gasteiger partial charge < -0.3 is 58.7 Å². The van der Waals surface area contributed by atoms with Gasteiger partial charge in [-0.1, -0.05) is 67.8 Å². The minimum Gasteiger partial charge on any atom is -0.462 e. The summed E-state index contributed by atoms with van der Waals surface area (Å²) in [4.78, 5) is 42.2. The molecule has 2 saturated heterocycles. The number of cyclic esters (lactones) is 1. The third-order valence-corrected chi connectivity index (χ3v) is 13.4. The molecule has 2 fully saturated rings. The Morgan fingerprint density at radius 3 is 2.39 bits per heavy atom. The molecule has 18 heteroatoms. The Labute approximate surface area is 399 Å². The molecule has 0 unspecified atom stereocenters. The molecule has 0 bridgehead atoms. The molecule has 67 heavy (non-hydrogen) atoms. The molecule has 1 aromatic heterocycles. The first kappa shape index (κ1) is 54.4. The molecule has 4 heterocycles. The number of esters is 2. The summed E-state index contributed by atoms with van der Waals surface area (Å²) in [5.41, 5.74) is 0.578. The number of carbonyl (C=O) groups is 3. The smallest absolute Gasteiger partial charge is 0.308 e. The van der Waals surface area contributed by atoms with Gasteiger partial charge in [0.25, 0.3) is 0 Å². The second-order valence-electron chi connectivity index (χ2n) is 19.2. The van der Waals surface area contributed by atoms with Crippen LogP contribution in [0, 0.1) is 17.8 Å². The fourth-order valence-electron chi connectivity index (χ4n) is 9.21. The van der Waals surface area contributed by atoms with Crippen LogP contribution in [0.2, 0.25) is 0 Å². The number of ether oxygens (including phenoxy) is 7. The zero-order valence-electron chi connectivity index (χ0n) is 40.7. The van der Waals surface area contributed by atoms with Crippen LogP contribution in [0.15, 0.2) is 54.8 Å². The molecule has 3 aliphatic rings. The van der Waals surface area contributed by atoms with E-state index in [-0.39, 0.29) is 24.5 Å².